The molecule has 0 radical (unpaired) electrons. The van der Waals surface area contributed by atoms with Gasteiger partial charge in [-0.3, -0.25) is 5.32 Å². The van der Waals surface area contributed by atoms with Crippen molar-refractivity contribution in [1.82, 2.24) is 5.32 Å². The summed E-state index contributed by atoms with van der Waals surface area (Å²) in [5.41, 5.74) is 3.44. The summed E-state index contributed by atoms with van der Waals surface area (Å²) in [7, 11) is 0. The van der Waals surface area contributed by atoms with Crippen molar-refractivity contribution in [3.63, 3.8) is 0 Å². The van der Waals surface area contributed by atoms with Crippen LogP contribution in [0.5, 0.6) is 0 Å². The summed E-state index contributed by atoms with van der Waals surface area (Å²) in [6, 6.07) is 13.4. The highest BCUT2D eigenvalue weighted by Gasteiger charge is 2.07. The monoisotopic (exact) mass is 283 g/mol. The van der Waals surface area contributed by atoms with Crippen LogP contribution < -0.4 is 16.0 Å². The van der Waals surface area contributed by atoms with Gasteiger partial charge in [0.2, 0.25) is 0 Å². The highest BCUT2D eigenvalue weighted by Crippen LogP contribution is 2.09. The number of carbonyl (C=O) groups excluding carboxylic acids is 2. The first-order valence-corrected chi connectivity index (χ1v) is 6.55. The van der Waals surface area contributed by atoms with E-state index >= 15 is 0 Å². The fourth-order valence-electron chi connectivity index (χ4n) is 1.70. The molecule has 2 rings (SSSR count). The van der Waals surface area contributed by atoms with E-state index in [4.69, 9.17) is 0 Å². The van der Waals surface area contributed by atoms with Gasteiger partial charge in [0, 0.05) is 11.4 Å². The summed E-state index contributed by atoms with van der Waals surface area (Å²) in [6.45, 7) is 3.91. The lowest BCUT2D eigenvalue weighted by Gasteiger charge is -2.08. The summed E-state index contributed by atoms with van der Waals surface area (Å²) in [4.78, 5) is 23.3. The molecule has 2 aromatic rings. The number of hydrogen-bond donors (Lipinski definition) is 3. The molecule has 5 nitrogen and oxygen atoms in total. The van der Waals surface area contributed by atoms with Crippen molar-refractivity contribution in [3.05, 3.63) is 59.7 Å². The summed E-state index contributed by atoms with van der Waals surface area (Å²) in [6.07, 6.45) is 0. The smallest absolute Gasteiger partial charge is 0.308 e. The van der Waals surface area contributed by atoms with Crippen molar-refractivity contribution >= 4 is 23.4 Å². The van der Waals surface area contributed by atoms with Gasteiger partial charge in [0.1, 0.15) is 0 Å². The van der Waals surface area contributed by atoms with Crippen molar-refractivity contribution < 1.29 is 9.59 Å². The third-order valence-electron chi connectivity index (χ3n) is 2.85. The molecule has 108 valence electrons. The van der Waals surface area contributed by atoms with E-state index < -0.39 is 12.1 Å². The van der Waals surface area contributed by atoms with Gasteiger partial charge in [0.05, 0.1) is 0 Å². The predicted molar refractivity (Wildman–Crippen MR) is 83.5 cm³/mol. The van der Waals surface area contributed by atoms with Crippen LogP contribution in [0, 0.1) is 13.8 Å². The first-order chi connectivity index (χ1) is 10.0. The lowest BCUT2D eigenvalue weighted by atomic mass is 10.2. The fraction of sp³-hybridized carbons (Fsp3) is 0.125. The average molecular weight is 283 g/mol. The number of aryl methyl sites for hydroxylation is 2. The molecule has 0 bridgehead atoms. The van der Waals surface area contributed by atoms with E-state index in [1.807, 2.05) is 38.1 Å². The Kier molecular flexibility index (Phi) is 4.56. The first-order valence-electron chi connectivity index (χ1n) is 6.55. The summed E-state index contributed by atoms with van der Waals surface area (Å²) in [5, 5.41) is 7.37. The van der Waals surface area contributed by atoms with Gasteiger partial charge in [-0.05, 0) is 38.1 Å². The molecule has 0 aliphatic carbocycles. The number of hydrogen-bond acceptors (Lipinski definition) is 2. The van der Waals surface area contributed by atoms with Crippen LogP contribution in [0.3, 0.4) is 0 Å². The van der Waals surface area contributed by atoms with Crippen LogP contribution in [0.25, 0.3) is 0 Å². The molecule has 0 unspecified atom stereocenters. The highest BCUT2D eigenvalue weighted by molar-refractivity contribution is 6.05. The summed E-state index contributed by atoms with van der Waals surface area (Å²) < 4.78 is 0. The number of nitrogens with one attached hydrogen (secondary N) is 3. The quantitative estimate of drug-likeness (QED) is 0.787. The minimum atomic E-state index is -0.580. The second-order valence-corrected chi connectivity index (χ2v) is 4.77. The third kappa shape index (κ3) is 4.65. The Morgan fingerprint density at radius 3 is 1.33 bits per heavy atom. The van der Waals surface area contributed by atoms with Crippen molar-refractivity contribution in [2.24, 2.45) is 0 Å². The van der Waals surface area contributed by atoms with E-state index in [9.17, 15) is 9.59 Å². The van der Waals surface area contributed by atoms with Crippen LogP contribution in [-0.2, 0) is 0 Å². The van der Waals surface area contributed by atoms with Gasteiger partial charge in [-0.15, -0.1) is 0 Å². The average Bonchev–Trinajstić information content (AvgIpc) is 2.44. The fourth-order valence-corrected chi connectivity index (χ4v) is 1.70. The van der Waals surface area contributed by atoms with E-state index in [0.29, 0.717) is 11.4 Å². The van der Waals surface area contributed by atoms with Crippen molar-refractivity contribution in [2.45, 2.75) is 13.8 Å². The Morgan fingerprint density at radius 2 is 1.00 bits per heavy atom. The van der Waals surface area contributed by atoms with Gasteiger partial charge in [-0.25, -0.2) is 9.59 Å². The predicted octanol–water partition coefficient (Wildman–Crippen LogP) is 3.66. The lowest BCUT2D eigenvalue weighted by Crippen LogP contribution is -2.37. The van der Waals surface area contributed by atoms with Gasteiger partial charge in [0.15, 0.2) is 0 Å². The van der Waals surface area contributed by atoms with E-state index in [1.165, 1.54) is 0 Å². The van der Waals surface area contributed by atoms with Crippen LogP contribution in [0.15, 0.2) is 48.5 Å². The number of urea groups is 2. The molecule has 0 aromatic heterocycles. The number of imide groups is 1. The molecule has 2 aromatic carbocycles. The van der Waals surface area contributed by atoms with Crippen molar-refractivity contribution in [1.29, 1.82) is 0 Å². The van der Waals surface area contributed by atoms with E-state index in [-0.39, 0.29) is 0 Å². The van der Waals surface area contributed by atoms with Gasteiger partial charge >= 0.3 is 12.1 Å². The molecule has 4 amide bonds. The van der Waals surface area contributed by atoms with Gasteiger partial charge < -0.3 is 10.6 Å². The Labute approximate surface area is 123 Å². The number of benzene rings is 2. The second-order valence-electron chi connectivity index (χ2n) is 4.77. The molecule has 0 atom stereocenters. The van der Waals surface area contributed by atoms with Gasteiger partial charge in [0.25, 0.3) is 0 Å². The van der Waals surface area contributed by atoms with Gasteiger partial charge in [-0.1, -0.05) is 35.4 Å². The first kappa shape index (κ1) is 14.6. The maximum Gasteiger partial charge on any atom is 0.327 e. The van der Waals surface area contributed by atoms with E-state index in [2.05, 4.69) is 16.0 Å². The maximum absolute atomic E-state index is 11.7. The summed E-state index contributed by atoms with van der Waals surface area (Å²) >= 11 is 0. The lowest BCUT2D eigenvalue weighted by molar-refractivity contribution is 0.240. The van der Waals surface area contributed by atoms with Crippen LogP contribution in [0.4, 0.5) is 21.0 Å². The Morgan fingerprint density at radius 1 is 0.667 bits per heavy atom. The third-order valence-corrected chi connectivity index (χ3v) is 2.85. The van der Waals surface area contributed by atoms with Crippen LogP contribution in [0.1, 0.15) is 11.1 Å². The molecule has 0 fully saturated rings. The SMILES string of the molecule is Cc1ccc(NC(=O)NC(=O)Nc2ccc(C)cc2)cc1. The van der Waals surface area contributed by atoms with E-state index in [1.54, 1.807) is 24.3 Å². The number of amides is 4. The molecule has 0 heterocycles. The topological polar surface area (TPSA) is 70.2 Å². The molecular formula is C16H17N3O2. The Bertz CT molecular complexity index is 576. The Balaban J connectivity index is 1.85. The maximum atomic E-state index is 11.7. The second kappa shape index (κ2) is 6.56. The summed E-state index contributed by atoms with van der Waals surface area (Å²) in [5.74, 6) is 0. The molecule has 0 aliphatic heterocycles. The van der Waals surface area contributed by atoms with Crippen molar-refractivity contribution in [2.75, 3.05) is 10.6 Å². The molecule has 0 spiro atoms. The largest absolute Gasteiger partial charge is 0.327 e. The zero-order chi connectivity index (χ0) is 15.2. The van der Waals surface area contributed by atoms with E-state index in [0.717, 1.165) is 11.1 Å². The minimum Gasteiger partial charge on any atom is -0.308 e. The normalized spacial score (nSPS) is 9.81. The molecule has 0 saturated carbocycles. The number of carbonyl (C=O) groups is 2. The molecule has 21 heavy (non-hydrogen) atoms. The molecule has 0 aliphatic rings. The minimum absolute atomic E-state index is 0.580. The molecule has 5 heteroatoms. The zero-order valence-electron chi connectivity index (χ0n) is 11.9. The molecular weight excluding hydrogens is 266 g/mol. The highest BCUT2D eigenvalue weighted by atomic mass is 16.2. The van der Waals surface area contributed by atoms with Crippen LogP contribution in [-0.4, -0.2) is 12.1 Å². The molecule has 0 saturated heterocycles. The number of anilines is 2. The van der Waals surface area contributed by atoms with Crippen LogP contribution >= 0.6 is 0 Å². The standard InChI is InChI=1S/C16H17N3O2/c1-11-3-7-13(8-4-11)17-15(20)19-16(21)18-14-9-5-12(2)6-10-14/h3-10H,1-2H3,(H3,17,18,19,20,21). The number of rotatable bonds is 2. The Hall–Kier alpha value is -2.82. The van der Waals surface area contributed by atoms with Gasteiger partial charge in [-0.2, -0.15) is 0 Å². The van der Waals surface area contributed by atoms with Crippen molar-refractivity contribution in [3.8, 4) is 0 Å². The zero-order valence-corrected chi connectivity index (χ0v) is 11.9. The molecule has 3 N–H and O–H groups in total. The van der Waals surface area contributed by atoms with Crippen LogP contribution in [0.2, 0.25) is 0 Å².